The van der Waals surface area contributed by atoms with Crippen LogP contribution in [0.15, 0.2) is 30.3 Å². The largest absolute Gasteiger partial charge is 0.370 e. The lowest BCUT2D eigenvalue weighted by Crippen LogP contribution is -2.27. The minimum absolute atomic E-state index is 0.229. The summed E-state index contributed by atoms with van der Waals surface area (Å²) in [5.41, 5.74) is 6.41. The van der Waals surface area contributed by atoms with Gasteiger partial charge >= 0.3 is 0 Å². The predicted octanol–water partition coefficient (Wildman–Crippen LogP) is 2.24. The van der Waals surface area contributed by atoms with E-state index in [-0.39, 0.29) is 5.91 Å². The maximum Gasteiger partial charge on any atom is 0.217 e. The summed E-state index contributed by atoms with van der Waals surface area (Å²) in [6.45, 7) is 5.21. The Hall–Kier alpha value is -1.35. The lowest BCUT2D eigenvalue weighted by Gasteiger charge is -2.22. The zero-order valence-electron chi connectivity index (χ0n) is 10.6. The molecule has 0 aliphatic carbocycles. The molecule has 3 nitrogen and oxygen atoms in total. The molecule has 1 amide bonds. The maximum absolute atomic E-state index is 10.6. The summed E-state index contributed by atoms with van der Waals surface area (Å²) in [5.74, 6) is 0.290. The molecule has 0 saturated carbocycles. The van der Waals surface area contributed by atoms with E-state index in [4.69, 9.17) is 5.73 Å². The molecule has 0 spiro atoms. The van der Waals surface area contributed by atoms with Crippen LogP contribution in [0.2, 0.25) is 0 Å². The third-order valence-corrected chi connectivity index (χ3v) is 2.79. The van der Waals surface area contributed by atoms with Crippen LogP contribution in [0.4, 0.5) is 0 Å². The van der Waals surface area contributed by atoms with Crippen molar-refractivity contribution < 1.29 is 4.79 Å². The molecular weight excluding hydrogens is 212 g/mol. The molecule has 0 aliphatic heterocycles. The van der Waals surface area contributed by atoms with Crippen molar-refractivity contribution >= 4 is 5.91 Å². The first-order valence-corrected chi connectivity index (χ1v) is 6.18. The maximum atomic E-state index is 10.6. The fourth-order valence-corrected chi connectivity index (χ4v) is 1.92. The van der Waals surface area contributed by atoms with Gasteiger partial charge in [-0.05, 0) is 24.4 Å². The van der Waals surface area contributed by atoms with E-state index in [1.807, 2.05) is 6.07 Å². The molecule has 0 radical (unpaired) electrons. The molecule has 0 aliphatic rings. The molecular formula is C14H22N2O. The topological polar surface area (TPSA) is 55.1 Å². The molecule has 1 atom stereocenters. The van der Waals surface area contributed by atoms with Gasteiger partial charge in [-0.15, -0.1) is 0 Å². The van der Waals surface area contributed by atoms with Crippen LogP contribution in [0.5, 0.6) is 0 Å². The second-order valence-electron chi connectivity index (χ2n) is 4.66. The average molecular weight is 234 g/mol. The molecule has 0 bridgehead atoms. The van der Waals surface area contributed by atoms with Crippen molar-refractivity contribution in [1.82, 2.24) is 5.32 Å². The van der Waals surface area contributed by atoms with Crippen LogP contribution in [0.25, 0.3) is 0 Å². The van der Waals surface area contributed by atoms with Gasteiger partial charge < -0.3 is 11.1 Å². The quantitative estimate of drug-likeness (QED) is 0.711. The highest BCUT2D eigenvalue weighted by molar-refractivity contribution is 5.73. The first kappa shape index (κ1) is 13.7. The van der Waals surface area contributed by atoms with Gasteiger partial charge in [0.2, 0.25) is 5.91 Å². The third-order valence-electron chi connectivity index (χ3n) is 2.79. The number of hydrogen-bond acceptors (Lipinski definition) is 2. The number of amides is 1. The van der Waals surface area contributed by atoms with E-state index >= 15 is 0 Å². The van der Waals surface area contributed by atoms with Crippen molar-refractivity contribution in [2.24, 2.45) is 11.7 Å². The third kappa shape index (κ3) is 5.00. The number of nitrogens with one attached hydrogen (secondary N) is 1. The van der Waals surface area contributed by atoms with Gasteiger partial charge in [0.15, 0.2) is 0 Å². The zero-order chi connectivity index (χ0) is 12.7. The Bertz CT molecular complexity index is 335. The van der Waals surface area contributed by atoms with Crippen LogP contribution in [0, 0.1) is 5.92 Å². The number of rotatable bonds is 7. The summed E-state index contributed by atoms with van der Waals surface area (Å²) in [5, 5.41) is 3.48. The Labute approximate surface area is 103 Å². The van der Waals surface area contributed by atoms with Crippen molar-refractivity contribution in [3.05, 3.63) is 35.9 Å². The summed E-state index contributed by atoms with van der Waals surface area (Å²) < 4.78 is 0. The Morgan fingerprint density at radius 3 is 2.47 bits per heavy atom. The molecule has 1 rings (SSSR count). The minimum atomic E-state index is -0.229. The Balaban J connectivity index is 2.48. The van der Waals surface area contributed by atoms with Gasteiger partial charge in [-0.1, -0.05) is 44.2 Å². The monoisotopic (exact) mass is 234 g/mol. The molecule has 1 unspecified atom stereocenters. The smallest absolute Gasteiger partial charge is 0.217 e. The molecule has 0 heterocycles. The lowest BCUT2D eigenvalue weighted by molar-refractivity contribution is -0.118. The molecule has 0 saturated heterocycles. The summed E-state index contributed by atoms with van der Waals surface area (Å²) >= 11 is 0. The van der Waals surface area contributed by atoms with Crippen LogP contribution < -0.4 is 11.1 Å². The van der Waals surface area contributed by atoms with Crippen molar-refractivity contribution in [1.29, 1.82) is 0 Å². The van der Waals surface area contributed by atoms with E-state index < -0.39 is 0 Å². The number of carbonyl (C=O) groups is 1. The van der Waals surface area contributed by atoms with Gasteiger partial charge in [-0.3, -0.25) is 4.79 Å². The number of carbonyl (C=O) groups excluding carboxylic acids is 1. The van der Waals surface area contributed by atoms with E-state index in [1.165, 1.54) is 5.56 Å². The number of hydrogen-bond donors (Lipinski definition) is 2. The van der Waals surface area contributed by atoms with Crippen LogP contribution in [-0.4, -0.2) is 12.5 Å². The van der Waals surface area contributed by atoms with Crippen LogP contribution in [0.1, 0.15) is 38.3 Å². The highest BCUT2D eigenvalue weighted by Crippen LogP contribution is 2.21. The highest BCUT2D eigenvalue weighted by Gasteiger charge is 2.14. The van der Waals surface area contributed by atoms with Gasteiger partial charge in [-0.2, -0.15) is 0 Å². The van der Waals surface area contributed by atoms with Crippen LogP contribution in [0.3, 0.4) is 0 Å². The normalized spacial score (nSPS) is 12.6. The average Bonchev–Trinajstić information content (AvgIpc) is 2.29. The van der Waals surface area contributed by atoms with Crippen molar-refractivity contribution in [2.45, 2.75) is 32.7 Å². The standard InChI is InChI=1S/C14H22N2O/c1-11(2)14(12-7-4-3-5-8-12)16-10-6-9-13(15)17/h3-5,7-8,11,14,16H,6,9-10H2,1-2H3,(H2,15,17). The zero-order valence-corrected chi connectivity index (χ0v) is 10.6. The van der Waals surface area contributed by atoms with Gasteiger partial charge in [0, 0.05) is 12.5 Å². The second kappa shape index (κ2) is 7.07. The lowest BCUT2D eigenvalue weighted by atomic mass is 9.96. The fourth-order valence-electron chi connectivity index (χ4n) is 1.92. The number of nitrogens with two attached hydrogens (primary N) is 1. The molecule has 94 valence electrons. The summed E-state index contributed by atoms with van der Waals surface area (Å²) in [6.07, 6.45) is 1.25. The van der Waals surface area contributed by atoms with Gasteiger partial charge in [0.25, 0.3) is 0 Å². The Morgan fingerprint density at radius 1 is 1.29 bits per heavy atom. The molecule has 17 heavy (non-hydrogen) atoms. The summed E-state index contributed by atoms with van der Waals surface area (Å²) in [7, 11) is 0. The van der Waals surface area contributed by atoms with Crippen molar-refractivity contribution in [3.63, 3.8) is 0 Å². The first-order chi connectivity index (χ1) is 8.11. The predicted molar refractivity (Wildman–Crippen MR) is 70.5 cm³/mol. The van der Waals surface area contributed by atoms with E-state index in [2.05, 4.69) is 43.4 Å². The SMILES string of the molecule is CC(C)C(NCCCC(N)=O)c1ccccc1. The second-order valence-corrected chi connectivity index (χ2v) is 4.66. The molecule has 0 fully saturated rings. The minimum Gasteiger partial charge on any atom is -0.370 e. The summed E-state index contributed by atoms with van der Waals surface area (Å²) in [4.78, 5) is 10.6. The number of primary amides is 1. The molecule has 0 aromatic heterocycles. The van der Waals surface area contributed by atoms with E-state index in [0.29, 0.717) is 18.4 Å². The molecule has 3 heteroatoms. The van der Waals surface area contributed by atoms with Crippen molar-refractivity contribution in [2.75, 3.05) is 6.54 Å². The number of benzene rings is 1. The van der Waals surface area contributed by atoms with Gasteiger partial charge in [0.1, 0.15) is 0 Å². The van der Waals surface area contributed by atoms with E-state index in [9.17, 15) is 4.79 Å². The Morgan fingerprint density at radius 2 is 1.94 bits per heavy atom. The van der Waals surface area contributed by atoms with E-state index in [1.54, 1.807) is 0 Å². The van der Waals surface area contributed by atoms with E-state index in [0.717, 1.165) is 13.0 Å². The highest BCUT2D eigenvalue weighted by atomic mass is 16.1. The van der Waals surface area contributed by atoms with Crippen LogP contribution in [-0.2, 0) is 4.79 Å². The molecule has 3 N–H and O–H groups in total. The first-order valence-electron chi connectivity index (χ1n) is 6.18. The molecule has 1 aromatic rings. The Kier molecular flexibility index (Phi) is 5.70. The van der Waals surface area contributed by atoms with Crippen molar-refractivity contribution in [3.8, 4) is 0 Å². The van der Waals surface area contributed by atoms with Crippen LogP contribution >= 0.6 is 0 Å². The van der Waals surface area contributed by atoms with Gasteiger partial charge in [0.05, 0.1) is 0 Å². The molecule has 1 aromatic carbocycles. The van der Waals surface area contributed by atoms with Gasteiger partial charge in [-0.25, -0.2) is 0 Å². The summed E-state index contributed by atoms with van der Waals surface area (Å²) in [6, 6.07) is 10.7. The fraction of sp³-hybridized carbons (Fsp3) is 0.500.